The van der Waals surface area contributed by atoms with E-state index >= 15 is 0 Å². The van der Waals surface area contributed by atoms with Crippen LogP contribution in [0.15, 0.2) is 18.2 Å². The SMILES string of the molecule is COc1ccc(N)c(C(=O)OC2CCCC2)c1. The summed E-state index contributed by atoms with van der Waals surface area (Å²) in [6, 6.07) is 5.00. The molecule has 1 fully saturated rings. The van der Waals surface area contributed by atoms with E-state index in [1.165, 1.54) is 0 Å². The molecule has 2 rings (SSSR count). The van der Waals surface area contributed by atoms with Gasteiger partial charge in [0.15, 0.2) is 0 Å². The van der Waals surface area contributed by atoms with E-state index in [1.807, 2.05) is 0 Å². The van der Waals surface area contributed by atoms with Crippen molar-refractivity contribution in [3.8, 4) is 5.75 Å². The van der Waals surface area contributed by atoms with Crippen LogP contribution in [0.2, 0.25) is 0 Å². The average molecular weight is 235 g/mol. The van der Waals surface area contributed by atoms with Crippen molar-refractivity contribution >= 4 is 11.7 Å². The van der Waals surface area contributed by atoms with Crippen molar-refractivity contribution < 1.29 is 14.3 Å². The first-order valence-corrected chi connectivity index (χ1v) is 5.85. The van der Waals surface area contributed by atoms with E-state index in [0.29, 0.717) is 17.0 Å². The maximum atomic E-state index is 11.9. The average Bonchev–Trinajstić information content (AvgIpc) is 2.82. The van der Waals surface area contributed by atoms with Gasteiger partial charge < -0.3 is 15.2 Å². The Morgan fingerprint density at radius 2 is 2.06 bits per heavy atom. The summed E-state index contributed by atoms with van der Waals surface area (Å²) in [5.74, 6) is 0.255. The second-order valence-corrected chi connectivity index (χ2v) is 4.26. The largest absolute Gasteiger partial charge is 0.497 e. The van der Waals surface area contributed by atoms with E-state index in [0.717, 1.165) is 25.7 Å². The van der Waals surface area contributed by atoms with Crippen LogP contribution in [-0.2, 0) is 4.74 Å². The third-order valence-corrected chi connectivity index (χ3v) is 3.06. The van der Waals surface area contributed by atoms with Gasteiger partial charge in [-0.1, -0.05) is 0 Å². The first-order chi connectivity index (χ1) is 8.20. The summed E-state index contributed by atoms with van der Waals surface area (Å²) in [6.45, 7) is 0. The molecule has 4 heteroatoms. The lowest BCUT2D eigenvalue weighted by Gasteiger charge is -2.13. The molecule has 92 valence electrons. The number of hydrogen-bond acceptors (Lipinski definition) is 4. The summed E-state index contributed by atoms with van der Waals surface area (Å²) in [6.07, 6.45) is 4.22. The molecule has 0 saturated heterocycles. The second kappa shape index (κ2) is 5.08. The maximum Gasteiger partial charge on any atom is 0.340 e. The van der Waals surface area contributed by atoms with Crippen molar-refractivity contribution in [3.05, 3.63) is 23.8 Å². The number of hydrogen-bond donors (Lipinski definition) is 1. The fraction of sp³-hybridized carbons (Fsp3) is 0.462. The number of methoxy groups -OCH3 is 1. The van der Waals surface area contributed by atoms with E-state index in [2.05, 4.69) is 0 Å². The zero-order valence-electron chi connectivity index (χ0n) is 9.94. The molecule has 0 atom stereocenters. The van der Waals surface area contributed by atoms with Crippen LogP contribution in [0, 0.1) is 0 Å². The second-order valence-electron chi connectivity index (χ2n) is 4.26. The van der Waals surface area contributed by atoms with Crippen molar-refractivity contribution in [1.29, 1.82) is 0 Å². The highest BCUT2D eigenvalue weighted by atomic mass is 16.5. The lowest BCUT2D eigenvalue weighted by Crippen LogP contribution is -2.16. The molecule has 0 spiro atoms. The van der Waals surface area contributed by atoms with Gasteiger partial charge in [0.2, 0.25) is 0 Å². The molecule has 2 N–H and O–H groups in total. The van der Waals surface area contributed by atoms with Crippen LogP contribution in [-0.4, -0.2) is 19.2 Å². The van der Waals surface area contributed by atoms with Gasteiger partial charge in [0.1, 0.15) is 11.9 Å². The van der Waals surface area contributed by atoms with E-state index in [9.17, 15) is 4.79 Å². The Morgan fingerprint density at radius 1 is 1.35 bits per heavy atom. The van der Waals surface area contributed by atoms with Crippen LogP contribution in [0.1, 0.15) is 36.0 Å². The van der Waals surface area contributed by atoms with Crippen molar-refractivity contribution in [1.82, 2.24) is 0 Å². The fourth-order valence-corrected chi connectivity index (χ4v) is 2.06. The minimum absolute atomic E-state index is 0.0492. The lowest BCUT2D eigenvalue weighted by atomic mass is 10.1. The molecule has 1 aromatic rings. The molecule has 17 heavy (non-hydrogen) atoms. The number of nitrogen functional groups attached to an aromatic ring is 1. The van der Waals surface area contributed by atoms with Crippen LogP contribution in [0.3, 0.4) is 0 Å². The molecule has 0 aromatic heterocycles. The van der Waals surface area contributed by atoms with E-state index in [-0.39, 0.29) is 12.1 Å². The molecule has 0 radical (unpaired) electrons. The monoisotopic (exact) mass is 235 g/mol. The number of carbonyl (C=O) groups excluding carboxylic acids is 1. The van der Waals surface area contributed by atoms with Gasteiger partial charge >= 0.3 is 5.97 Å². The van der Waals surface area contributed by atoms with Gasteiger partial charge in [0.25, 0.3) is 0 Å². The molecule has 1 aliphatic carbocycles. The molecule has 0 amide bonds. The number of nitrogens with two attached hydrogens (primary N) is 1. The topological polar surface area (TPSA) is 61.5 Å². The summed E-state index contributed by atoms with van der Waals surface area (Å²) in [5.41, 5.74) is 6.57. The Bertz CT molecular complexity index is 411. The molecule has 0 aliphatic heterocycles. The van der Waals surface area contributed by atoms with Gasteiger partial charge in [-0.2, -0.15) is 0 Å². The third kappa shape index (κ3) is 2.70. The number of anilines is 1. The summed E-state index contributed by atoms with van der Waals surface area (Å²) < 4.78 is 10.5. The van der Waals surface area contributed by atoms with Crippen molar-refractivity contribution in [2.45, 2.75) is 31.8 Å². The molecule has 1 aromatic carbocycles. The molecule has 0 bridgehead atoms. The first kappa shape index (κ1) is 11.8. The predicted molar refractivity (Wildman–Crippen MR) is 65.1 cm³/mol. The van der Waals surface area contributed by atoms with Gasteiger partial charge in [-0.25, -0.2) is 4.79 Å². The summed E-state index contributed by atoms with van der Waals surface area (Å²) in [4.78, 5) is 11.9. The minimum atomic E-state index is -0.353. The first-order valence-electron chi connectivity index (χ1n) is 5.85. The maximum absolute atomic E-state index is 11.9. The van der Waals surface area contributed by atoms with Crippen molar-refractivity contribution in [2.24, 2.45) is 0 Å². The van der Waals surface area contributed by atoms with Gasteiger partial charge in [-0.15, -0.1) is 0 Å². The highest BCUT2D eigenvalue weighted by Crippen LogP contribution is 2.25. The van der Waals surface area contributed by atoms with E-state index in [1.54, 1.807) is 25.3 Å². The zero-order valence-corrected chi connectivity index (χ0v) is 9.94. The van der Waals surface area contributed by atoms with Gasteiger partial charge in [-0.05, 0) is 43.9 Å². The lowest BCUT2D eigenvalue weighted by molar-refractivity contribution is 0.0319. The minimum Gasteiger partial charge on any atom is -0.497 e. The molecule has 1 aliphatic rings. The normalized spacial score (nSPS) is 15.8. The number of rotatable bonds is 3. The summed E-state index contributed by atoms with van der Waals surface area (Å²) >= 11 is 0. The predicted octanol–water partition coefficient (Wildman–Crippen LogP) is 2.38. The molecular formula is C13H17NO3. The molecule has 4 nitrogen and oxygen atoms in total. The van der Waals surface area contributed by atoms with Crippen LogP contribution < -0.4 is 10.5 Å². The zero-order chi connectivity index (χ0) is 12.3. The van der Waals surface area contributed by atoms with Crippen LogP contribution >= 0.6 is 0 Å². The van der Waals surface area contributed by atoms with Gasteiger partial charge in [-0.3, -0.25) is 0 Å². The van der Waals surface area contributed by atoms with Crippen molar-refractivity contribution in [2.75, 3.05) is 12.8 Å². The van der Waals surface area contributed by atoms with E-state index < -0.39 is 0 Å². The van der Waals surface area contributed by atoms with Crippen LogP contribution in [0.4, 0.5) is 5.69 Å². The van der Waals surface area contributed by atoms with Crippen LogP contribution in [0.25, 0.3) is 0 Å². The number of benzene rings is 1. The van der Waals surface area contributed by atoms with Crippen LogP contribution in [0.5, 0.6) is 5.75 Å². The fourth-order valence-electron chi connectivity index (χ4n) is 2.06. The molecular weight excluding hydrogens is 218 g/mol. The Labute approximate surface area is 101 Å². The highest BCUT2D eigenvalue weighted by Gasteiger charge is 2.21. The Morgan fingerprint density at radius 3 is 2.71 bits per heavy atom. The van der Waals surface area contributed by atoms with Gasteiger partial charge in [0, 0.05) is 5.69 Å². The number of carbonyl (C=O) groups is 1. The highest BCUT2D eigenvalue weighted by molar-refractivity contribution is 5.95. The number of esters is 1. The Balaban J connectivity index is 2.11. The molecule has 1 saturated carbocycles. The summed E-state index contributed by atoms with van der Waals surface area (Å²) in [7, 11) is 1.55. The number of ether oxygens (including phenoxy) is 2. The van der Waals surface area contributed by atoms with Crippen molar-refractivity contribution in [3.63, 3.8) is 0 Å². The third-order valence-electron chi connectivity index (χ3n) is 3.06. The van der Waals surface area contributed by atoms with E-state index in [4.69, 9.17) is 15.2 Å². The standard InChI is InChI=1S/C13H17NO3/c1-16-10-6-7-12(14)11(8-10)13(15)17-9-4-2-3-5-9/h6-9H,2-5,14H2,1H3. The smallest absolute Gasteiger partial charge is 0.340 e. The molecule has 0 heterocycles. The molecule has 0 unspecified atom stereocenters. The Hall–Kier alpha value is -1.71. The Kier molecular flexibility index (Phi) is 3.52. The van der Waals surface area contributed by atoms with Gasteiger partial charge in [0.05, 0.1) is 12.7 Å². The quantitative estimate of drug-likeness (QED) is 0.645. The summed E-state index contributed by atoms with van der Waals surface area (Å²) in [5, 5.41) is 0.